The van der Waals surface area contributed by atoms with Gasteiger partial charge < -0.3 is 5.73 Å². The molecule has 0 unspecified atom stereocenters. The lowest BCUT2D eigenvalue weighted by Crippen LogP contribution is -2.41. The second kappa shape index (κ2) is 5.73. The van der Waals surface area contributed by atoms with Crippen LogP contribution in [0.5, 0.6) is 0 Å². The lowest BCUT2D eigenvalue weighted by Gasteiger charge is -2.14. The number of non-ortho nitro benzene ring substituents is 1. The quantitative estimate of drug-likeness (QED) is 0.589. The van der Waals surface area contributed by atoms with Crippen LogP contribution in [0.1, 0.15) is 0 Å². The Balaban J connectivity index is 3.02. The summed E-state index contributed by atoms with van der Waals surface area (Å²) < 4.78 is 63.8. The average molecular weight is 313 g/mol. The number of nitrogens with two attached hydrogens (primary N) is 1. The fourth-order valence-electron chi connectivity index (χ4n) is 1.17. The van der Waals surface area contributed by atoms with Gasteiger partial charge in [-0.05, 0) is 6.07 Å². The Kier molecular flexibility index (Phi) is 4.68. The van der Waals surface area contributed by atoms with Crippen molar-refractivity contribution in [1.82, 2.24) is 4.72 Å². The van der Waals surface area contributed by atoms with Crippen molar-refractivity contribution in [3.05, 3.63) is 34.1 Å². The number of nitrogens with zero attached hydrogens (tertiary/aromatic N) is 1. The summed E-state index contributed by atoms with van der Waals surface area (Å²) >= 11 is 0. The van der Waals surface area contributed by atoms with Gasteiger partial charge in [-0.3, -0.25) is 10.1 Å². The molecule has 0 fully saturated rings. The zero-order chi connectivity index (χ0) is 15.6. The number of rotatable bonds is 6. The van der Waals surface area contributed by atoms with Crippen LogP contribution >= 0.6 is 0 Å². The largest absolute Gasteiger partial charge is 0.325 e. The molecule has 0 aliphatic rings. The molecule has 0 spiro atoms. The molecule has 0 atom stereocenters. The van der Waals surface area contributed by atoms with Gasteiger partial charge in [0.15, 0.2) is 0 Å². The van der Waals surface area contributed by atoms with Gasteiger partial charge in [0.2, 0.25) is 10.0 Å². The van der Waals surface area contributed by atoms with E-state index in [9.17, 15) is 31.7 Å². The number of sulfonamides is 1. The Bertz CT molecular complexity index is 621. The highest BCUT2D eigenvalue weighted by Crippen LogP contribution is 2.21. The maximum atomic E-state index is 13.5. The zero-order valence-corrected chi connectivity index (χ0v) is 10.7. The lowest BCUT2D eigenvalue weighted by atomic mass is 10.3. The highest BCUT2D eigenvalue weighted by Gasteiger charge is 2.30. The Morgan fingerprint density at radius 2 is 2.00 bits per heavy atom. The second-order valence-electron chi connectivity index (χ2n) is 3.76. The highest BCUT2D eigenvalue weighted by molar-refractivity contribution is 7.89. The number of hydrogen-bond acceptors (Lipinski definition) is 5. The van der Waals surface area contributed by atoms with Gasteiger partial charge in [-0.15, -0.1) is 0 Å². The summed E-state index contributed by atoms with van der Waals surface area (Å²) in [6.45, 7) is -2.39. The van der Waals surface area contributed by atoms with E-state index in [0.717, 1.165) is 6.07 Å². The predicted molar refractivity (Wildman–Crippen MR) is 62.2 cm³/mol. The van der Waals surface area contributed by atoms with Crippen LogP contribution in [0.25, 0.3) is 0 Å². The molecule has 20 heavy (non-hydrogen) atoms. The van der Waals surface area contributed by atoms with Gasteiger partial charge in [0, 0.05) is 6.07 Å². The summed E-state index contributed by atoms with van der Waals surface area (Å²) in [7, 11) is -4.56. The van der Waals surface area contributed by atoms with Gasteiger partial charge in [0.1, 0.15) is 10.7 Å². The molecule has 0 saturated carbocycles. The molecule has 0 bridgehead atoms. The number of hydrogen-bond donors (Lipinski definition) is 2. The van der Waals surface area contributed by atoms with Gasteiger partial charge >= 0.3 is 0 Å². The minimum absolute atomic E-state index is 0.385. The van der Waals surface area contributed by atoms with E-state index in [1.165, 1.54) is 4.72 Å². The molecule has 0 aromatic heterocycles. The SMILES string of the molecule is NCC(F)(F)CNS(=O)(=O)c1ccc([N+](=O)[O-])cc1F. The van der Waals surface area contributed by atoms with E-state index in [2.05, 4.69) is 0 Å². The van der Waals surface area contributed by atoms with Crippen molar-refractivity contribution in [3.63, 3.8) is 0 Å². The number of nitro groups is 1. The van der Waals surface area contributed by atoms with Gasteiger partial charge in [-0.1, -0.05) is 0 Å². The topological polar surface area (TPSA) is 115 Å². The molecule has 1 aromatic carbocycles. The summed E-state index contributed by atoms with van der Waals surface area (Å²) in [5.41, 5.74) is 4.06. The Morgan fingerprint density at radius 1 is 1.40 bits per heavy atom. The standard InChI is InChI=1S/C9H10F3N3O4S/c10-7-3-6(15(16)17)1-2-8(7)20(18,19)14-5-9(11,12)4-13/h1-3,14H,4-5,13H2. The fraction of sp³-hybridized carbons (Fsp3) is 0.333. The third kappa shape index (κ3) is 3.88. The molecule has 7 nitrogen and oxygen atoms in total. The van der Waals surface area contributed by atoms with Crippen molar-refractivity contribution in [2.75, 3.05) is 13.1 Å². The van der Waals surface area contributed by atoms with Crippen molar-refractivity contribution in [2.24, 2.45) is 5.73 Å². The number of halogens is 3. The Labute approximate surface area is 111 Å². The van der Waals surface area contributed by atoms with Crippen LogP contribution in [0, 0.1) is 15.9 Å². The van der Waals surface area contributed by atoms with Crippen LogP contribution in [0.4, 0.5) is 18.9 Å². The molecule has 0 radical (unpaired) electrons. The first kappa shape index (κ1) is 16.3. The normalized spacial score (nSPS) is 12.4. The van der Waals surface area contributed by atoms with Crippen LogP contribution in [0.3, 0.4) is 0 Å². The van der Waals surface area contributed by atoms with Crippen molar-refractivity contribution in [1.29, 1.82) is 0 Å². The molecule has 1 rings (SSSR count). The van der Waals surface area contributed by atoms with Crippen molar-refractivity contribution < 1.29 is 26.5 Å². The molecule has 1 aromatic rings. The number of nitrogens with one attached hydrogen (secondary N) is 1. The minimum Gasteiger partial charge on any atom is -0.325 e. The molecule has 11 heteroatoms. The van der Waals surface area contributed by atoms with E-state index in [1.54, 1.807) is 0 Å². The van der Waals surface area contributed by atoms with Crippen LogP contribution in [-0.2, 0) is 10.0 Å². The van der Waals surface area contributed by atoms with Crippen LogP contribution in [0.2, 0.25) is 0 Å². The summed E-state index contributed by atoms with van der Waals surface area (Å²) in [5, 5.41) is 10.4. The molecule has 112 valence electrons. The average Bonchev–Trinajstić information content (AvgIpc) is 2.36. The van der Waals surface area contributed by atoms with Gasteiger partial charge in [-0.25, -0.2) is 26.3 Å². The van der Waals surface area contributed by atoms with E-state index in [1.807, 2.05) is 0 Å². The molecule has 0 aliphatic heterocycles. The number of benzene rings is 1. The smallest absolute Gasteiger partial charge is 0.273 e. The van der Waals surface area contributed by atoms with Crippen LogP contribution in [-0.4, -0.2) is 32.4 Å². The monoisotopic (exact) mass is 313 g/mol. The van der Waals surface area contributed by atoms with Crippen molar-refractivity contribution >= 4 is 15.7 Å². The number of alkyl halides is 2. The first-order valence-electron chi connectivity index (χ1n) is 5.10. The maximum Gasteiger partial charge on any atom is 0.273 e. The molecule has 3 N–H and O–H groups in total. The third-order valence-electron chi connectivity index (χ3n) is 2.24. The summed E-state index contributed by atoms with van der Waals surface area (Å²) in [5.74, 6) is -4.90. The van der Waals surface area contributed by atoms with E-state index >= 15 is 0 Å². The second-order valence-corrected chi connectivity index (χ2v) is 5.49. The predicted octanol–water partition coefficient (Wildman–Crippen LogP) is 0.606. The van der Waals surface area contributed by atoms with E-state index in [-0.39, 0.29) is 0 Å². The van der Waals surface area contributed by atoms with E-state index in [0.29, 0.717) is 12.1 Å². The fourth-order valence-corrected chi connectivity index (χ4v) is 2.29. The lowest BCUT2D eigenvalue weighted by molar-refractivity contribution is -0.385. The van der Waals surface area contributed by atoms with Gasteiger partial charge in [0.05, 0.1) is 24.1 Å². The minimum atomic E-state index is -4.56. The van der Waals surface area contributed by atoms with Crippen LogP contribution < -0.4 is 10.5 Å². The maximum absolute atomic E-state index is 13.5. The summed E-state index contributed by atoms with van der Waals surface area (Å²) in [6.07, 6.45) is 0. The summed E-state index contributed by atoms with van der Waals surface area (Å²) in [6, 6.07) is 1.75. The van der Waals surface area contributed by atoms with Gasteiger partial charge in [-0.2, -0.15) is 0 Å². The van der Waals surface area contributed by atoms with Gasteiger partial charge in [0.25, 0.3) is 11.6 Å². The third-order valence-corrected chi connectivity index (χ3v) is 3.67. The first-order chi connectivity index (χ1) is 9.09. The Morgan fingerprint density at radius 3 is 2.45 bits per heavy atom. The van der Waals surface area contributed by atoms with Crippen molar-refractivity contribution in [3.8, 4) is 0 Å². The van der Waals surface area contributed by atoms with E-state index in [4.69, 9.17) is 5.73 Å². The van der Waals surface area contributed by atoms with Crippen LogP contribution in [0.15, 0.2) is 23.1 Å². The van der Waals surface area contributed by atoms with Crippen molar-refractivity contribution in [2.45, 2.75) is 10.8 Å². The molecule has 0 aliphatic carbocycles. The number of nitro benzene ring substituents is 1. The molecule has 0 heterocycles. The Hall–Kier alpha value is -1.72. The molecular weight excluding hydrogens is 303 g/mol. The first-order valence-corrected chi connectivity index (χ1v) is 6.59. The molecular formula is C9H10F3N3O4S. The summed E-state index contributed by atoms with van der Waals surface area (Å²) in [4.78, 5) is 8.49. The highest BCUT2D eigenvalue weighted by atomic mass is 32.2. The molecule has 0 saturated heterocycles. The zero-order valence-electron chi connectivity index (χ0n) is 9.85. The van der Waals surface area contributed by atoms with E-state index < -0.39 is 50.4 Å². The molecule has 0 amide bonds.